The molecule has 0 bridgehead atoms. The smallest absolute Gasteiger partial charge is 0.245 e. The van der Waals surface area contributed by atoms with Crippen LogP contribution in [0, 0.1) is 6.92 Å². The van der Waals surface area contributed by atoms with Crippen LogP contribution >= 0.6 is 11.6 Å². The first kappa shape index (κ1) is 22.0. The number of carbonyl (C=O) groups is 1. The van der Waals surface area contributed by atoms with Crippen LogP contribution in [-0.2, 0) is 11.3 Å². The minimum absolute atomic E-state index is 0.122. The van der Waals surface area contributed by atoms with E-state index in [1.165, 1.54) is 6.33 Å². The highest BCUT2D eigenvalue weighted by Gasteiger charge is 2.41. The van der Waals surface area contributed by atoms with Gasteiger partial charge in [-0.05, 0) is 69.0 Å². The molecular weight excluding hydrogens is 464 g/mol. The number of anilines is 1. The number of aryl methyl sites for hydroxylation is 1. The number of benzene rings is 1. The molecular formula is C26H25ClN6O2. The van der Waals surface area contributed by atoms with Gasteiger partial charge in [0.15, 0.2) is 11.2 Å². The van der Waals surface area contributed by atoms with Crippen molar-refractivity contribution in [3.8, 4) is 17.3 Å². The number of carbonyl (C=O) groups excluding carboxylic acids is 1. The van der Waals surface area contributed by atoms with Crippen LogP contribution in [0.3, 0.4) is 0 Å². The van der Waals surface area contributed by atoms with E-state index in [9.17, 15) is 4.79 Å². The summed E-state index contributed by atoms with van der Waals surface area (Å²) in [4.78, 5) is 32.5. The van der Waals surface area contributed by atoms with E-state index in [1.807, 2.05) is 41.8 Å². The van der Waals surface area contributed by atoms with E-state index in [1.54, 1.807) is 11.1 Å². The Morgan fingerprint density at radius 3 is 2.71 bits per heavy atom. The number of imidazole rings is 1. The third-order valence-corrected chi connectivity index (χ3v) is 6.98. The maximum absolute atomic E-state index is 12.2. The summed E-state index contributed by atoms with van der Waals surface area (Å²) in [6.07, 6.45) is 6.72. The molecule has 1 amide bonds. The average molecular weight is 489 g/mol. The second kappa shape index (κ2) is 8.30. The maximum atomic E-state index is 12.2. The average Bonchev–Trinajstić information content (AvgIpc) is 3.22. The summed E-state index contributed by atoms with van der Waals surface area (Å²) in [5.41, 5.74) is 4.61. The number of halogens is 1. The van der Waals surface area contributed by atoms with Gasteiger partial charge in [0.25, 0.3) is 0 Å². The van der Waals surface area contributed by atoms with Gasteiger partial charge in [-0.2, -0.15) is 4.98 Å². The van der Waals surface area contributed by atoms with E-state index in [-0.39, 0.29) is 11.5 Å². The lowest BCUT2D eigenvalue weighted by molar-refractivity contribution is -0.117. The zero-order valence-electron chi connectivity index (χ0n) is 19.7. The quantitative estimate of drug-likeness (QED) is 0.381. The van der Waals surface area contributed by atoms with E-state index in [0.717, 1.165) is 41.8 Å². The van der Waals surface area contributed by atoms with Crippen molar-refractivity contribution < 1.29 is 9.53 Å². The zero-order chi connectivity index (χ0) is 24.2. The van der Waals surface area contributed by atoms with Crippen LogP contribution in [-0.4, -0.2) is 42.6 Å². The predicted octanol–water partition coefficient (Wildman–Crippen LogP) is 4.96. The molecule has 0 spiro atoms. The molecule has 1 aliphatic carbocycles. The van der Waals surface area contributed by atoms with Gasteiger partial charge in [0, 0.05) is 30.4 Å². The maximum Gasteiger partial charge on any atom is 0.245 e. The first-order valence-electron chi connectivity index (χ1n) is 11.8. The first-order valence-corrected chi connectivity index (χ1v) is 12.2. The van der Waals surface area contributed by atoms with Crippen molar-refractivity contribution in [1.29, 1.82) is 0 Å². The lowest BCUT2D eigenvalue weighted by atomic mass is 10.1. The number of amides is 1. The van der Waals surface area contributed by atoms with Crippen molar-refractivity contribution >= 4 is 34.4 Å². The van der Waals surface area contributed by atoms with Crippen LogP contribution in [0.1, 0.15) is 43.9 Å². The van der Waals surface area contributed by atoms with Crippen LogP contribution in [0.4, 0.5) is 5.69 Å². The van der Waals surface area contributed by atoms with Gasteiger partial charge in [-0.15, -0.1) is 0 Å². The van der Waals surface area contributed by atoms with E-state index >= 15 is 0 Å². The summed E-state index contributed by atoms with van der Waals surface area (Å²) in [6, 6.07) is 9.69. The third-order valence-electron chi connectivity index (χ3n) is 6.67. The number of aromatic nitrogens is 5. The summed E-state index contributed by atoms with van der Waals surface area (Å²) < 4.78 is 8.21. The van der Waals surface area contributed by atoms with Crippen molar-refractivity contribution in [2.75, 3.05) is 11.4 Å². The topological polar surface area (TPSA) is 86.0 Å². The number of rotatable bonds is 6. The Morgan fingerprint density at radius 2 is 2.00 bits per heavy atom. The Bertz CT molecular complexity index is 1460. The number of nitrogens with zero attached hydrogens (tertiary/aromatic N) is 6. The van der Waals surface area contributed by atoms with Gasteiger partial charge in [0.2, 0.25) is 11.8 Å². The molecule has 35 heavy (non-hydrogen) atoms. The highest BCUT2D eigenvalue weighted by Crippen LogP contribution is 2.41. The largest absolute Gasteiger partial charge is 0.470 e. The molecule has 0 radical (unpaired) electrons. The normalized spacial score (nSPS) is 16.8. The van der Waals surface area contributed by atoms with Gasteiger partial charge < -0.3 is 14.2 Å². The Hall–Kier alpha value is -3.52. The van der Waals surface area contributed by atoms with E-state index < -0.39 is 0 Å². The molecule has 2 fully saturated rings. The zero-order valence-corrected chi connectivity index (χ0v) is 20.4. The summed E-state index contributed by atoms with van der Waals surface area (Å²) in [5.74, 6) is 1.25. The fourth-order valence-corrected chi connectivity index (χ4v) is 4.74. The Morgan fingerprint density at radius 1 is 1.14 bits per heavy atom. The molecule has 9 heteroatoms. The van der Waals surface area contributed by atoms with Gasteiger partial charge in [-0.1, -0.05) is 11.6 Å². The standard InChI is InChI=1S/C26H25ClN6O2/c1-16-7-10-28-17(12-16)14-33-23(19-6-5-18(13-20(19)27)32-11-3-4-21(32)34)31-22-24(33)29-15-30-25(22)35-26(2)8-9-26/h5-7,10,12-13,15H,3-4,8-9,11,14H2,1-2H3. The Labute approximate surface area is 208 Å². The van der Waals surface area contributed by atoms with Crippen molar-refractivity contribution in [2.24, 2.45) is 0 Å². The SMILES string of the molecule is Cc1ccnc(Cn2c(-c3ccc(N4CCCC4=O)cc3Cl)nc3c(OC4(C)CC4)ncnc32)c1. The van der Waals surface area contributed by atoms with E-state index in [4.69, 9.17) is 21.3 Å². The highest BCUT2D eigenvalue weighted by molar-refractivity contribution is 6.33. The summed E-state index contributed by atoms with van der Waals surface area (Å²) in [6.45, 7) is 5.29. The summed E-state index contributed by atoms with van der Waals surface area (Å²) in [5, 5.41) is 0.514. The monoisotopic (exact) mass is 488 g/mol. The summed E-state index contributed by atoms with van der Waals surface area (Å²) in [7, 11) is 0. The molecule has 1 aromatic carbocycles. The minimum atomic E-state index is -0.203. The molecule has 8 nitrogen and oxygen atoms in total. The number of ether oxygens (including phenoxy) is 1. The van der Waals surface area contributed by atoms with E-state index in [2.05, 4.69) is 21.9 Å². The van der Waals surface area contributed by atoms with Gasteiger partial charge >= 0.3 is 0 Å². The molecule has 2 aliphatic rings. The molecule has 4 heterocycles. The second-order valence-electron chi connectivity index (χ2n) is 9.56. The fraction of sp³-hybridized carbons (Fsp3) is 0.346. The van der Waals surface area contributed by atoms with Gasteiger partial charge in [0.1, 0.15) is 17.8 Å². The van der Waals surface area contributed by atoms with Crippen molar-refractivity contribution in [3.05, 3.63) is 59.1 Å². The molecule has 1 saturated heterocycles. The number of pyridine rings is 1. The first-order chi connectivity index (χ1) is 16.9. The molecule has 0 unspecified atom stereocenters. The Kier molecular flexibility index (Phi) is 5.21. The molecule has 178 valence electrons. The fourth-order valence-electron chi connectivity index (χ4n) is 4.48. The van der Waals surface area contributed by atoms with Gasteiger partial charge in [-0.25, -0.2) is 9.97 Å². The molecule has 6 rings (SSSR count). The molecule has 1 aliphatic heterocycles. The minimum Gasteiger partial charge on any atom is -0.470 e. The van der Waals surface area contributed by atoms with E-state index in [0.29, 0.717) is 47.4 Å². The molecule has 0 N–H and O–H groups in total. The Balaban J connectivity index is 1.48. The highest BCUT2D eigenvalue weighted by atomic mass is 35.5. The van der Waals surface area contributed by atoms with Crippen LogP contribution in [0.15, 0.2) is 42.9 Å². The van der Waals surface area contributed by atoms with Crippen molar-refractivity contribution in [3.63, 3.8) is 0 Å². The summed E-state index contributed by atoms with van der Waals surface area (Å²) >= 11 is 6.80. The van der Waals surface area contributed by atoms with Crippen molar-refractivity contribution in [1.82, 2.24) is 24.5 Å². The predicted molar refractivity (Wildman–Crippen MR) is 134 cm³/mol. The number of fused-ring (bicyclic) bond motifs is 1. The lowest BCUT2D eigenvalue weighted by Crippen LogP contribution is -2.23. The van der Waals surface area contributed by atoms with Crippen LogP contribution < -0.4 is 9.64 Å². The van der Waals surface area contributed by atoms with Crippen LogP contribution in [0.25, 0.3) is 22.6 Å². The lowest BCUT2D eigenvalue weighted by Gasteiger charge is -2.17. The number of hydrogen-bond acceptors (Lipinski definition) is 6. The number of hydrogen-bond donors (Lipinski definition) is 0. The van der Waals surface area contributed by atoms with Gasteiger partial charge in [-0.3, -0.25) is 9.78 Å². The second-order valence-corrected chi connectivity index (χ2v) is 9.97. The third kappa shape index (κ3) is 4.12. The van der Waals surface area contributed by atoms with Crippen LogP contribution in [0.2, 0.25) is 5.02 Å². The molecule has 4 aromatic rings. The van der Waals surface area contributed by atoms with Crippen molar-refractivity contribution in [2.45, 2.75) is 51.7 Å². The molecule has 0 atom stereocenters. The van der Waals surface area contributed by atoms with Crippen LogP contribution in [0.5, 0.6) is 5.88 Å². The van der Waals surface area contributed by atoms with Gasteiger partial charge in [0.05, 0.1) is 17.3 Å². The molecule has 3 aromatic heterocycles. The molecule has 1 saturated carbocycles.